The van der Waals surface area contributed by atoms with Crippen LogP contribution < -0.4 is 10.6 Å². The number of carbonyl (C=O) groups is 3. The van der Waals surface area contributed by atoms with Crippen molar-refractivity contribution in [3.05, 3.63) is 52.6 Å². The van der Waals surface area contributed by atoms with E-state index in [1.54, 1.807) is 4.90 Å². The van der Waals surface area contributed by atoms with Crippen LogP contribution >= 0.6 is 0 Å². The van der Waals surface area contributed by atoms with Gasteiger partial charge in [-0.3, -0.25) is 24.4 Å². The van der Waals surface area contributed by atoms with Crippen LogP contribution in [0.4, 0.5) is 5.69 Å². The second kappa shape index (κ2) is 9.09. The number of carbonyl (C=O) groups excluding carboxylic acids is 3. The minimum Gasteiger partial charge on any atom is -0.371 e. The largest absolute Gasteiger partial charge is 0.371 e. The second-order valence-corrected chi connectivity index (χ2v) is 9.94. The Morgan fingerprint density at radius 3 is 2.76 bits per heavy atom. The van der Waals surface area contributed by atoms with E-state index in [1.807, 2.05) is 40.8 Å². The Kier molecular flexibility index (Phi) is 5.73. The molecule has 2 aromatic heterocycles. The van der Waals surface area contributed by atoms with Crippen molar-refractivity contribution in [1.29, 1.82) is 0 Å². The molecule has 3 amide bonds. The Morgan fingerprint density at radius 2 is 2.03 bits per heavy atom. The number of piperidine rings is 1. The van der Waals surface area contributed by atoms with Gasteiger partial charge in [0.2, 0.25) is 11.8 Å². The third-order valence-electron chi connectivity index (χ3n) is 7.78. The summed E-state index contributed by atoms with van der Waals surface area (Å²) >= 11 is 0. The Morgan fingerprint density at radius 1 is 1.19 bits per heavy atom. The molecule has 12 heteroatoms. The van der Waals surface area contributed by atoms with E-state index in [-0.39, 0.29) is 30.3 Å². The molecule has 192 valence electrons. The zero-order valence-electron chi connectivity index (χ0n) is 20.8. The molecule has 37 heavy (non-hydrogen) atoms. The Hall–Kier alpha value is -4.09. The second-order valence-electron chi connectivity index (χ2n) is 9.94. The molecule has 3 aromatic rings. The van der Waals surface area contributed by atoms with E-state index in [4.69, 9.17) is 0 Å². The van der Waals surface area contributed by atoms with E-state index in [0.29, 0.717) is 24.4 Å². The summed E-state index contributed by atoms with van der Waals surface area (Å²) in [4.78, 5) is 38.9. The molecule has 0 radical (unpaired) electrons. The lowest BCUT2D eigenvalue weighted by Gasteiger charge is -2.29. The first kappa shape index (κ1) is 23.3. The number of nitrogens with one attached hydrogen (secondary N) is 2. The van der Waals surface area contributed by atoms with Crippen molar-refractivity contribution in [1.82, 2.24) is 40.2 Å². The van der Waals surface area contributed by atoms with Crippen LogP contribution in [0.5, 0.6) is 0 Å². The lowest BCUT2D eigenvalue weighted by molar-refractivity contribution is -0.136. The van der Waals surface area contributed by atoms with Crippen LogP contribution in [-0.2, 0) is 29.6 Å². The first-order valence-corrected chi connectivity index (χ1v) is 12.8. The van der Waals surface area contributed by atoms with Crippen LogP contribution in [0, 0.1) is 0 Å². The van der Waals surface area contributed by atoms with Gasteiger partial charge in [0.15, 0.2) is 5.82 Å². The molecule has 1 saturated carbocycles. The van der Waals surface area contributed by atoms with Crippen LogP contribution in [0.1, 0.15) is 84.1 Å². The zero-order chi connectivity index (χ0) is 25.7. The summed E-state index contributed by atoms with van der Waals surface area (Å²) in [6.07, 6.45) is 6.45. The summed E-state index contributed by atoms with van der Waals surface area (Å²) in [6, 6.07) is 4.95. The highest BCUT2D eigenvalue weighted by molar-refractivity contribution is 6.05. The molecule has 2 N–H and O–H groups in total. The van der Waals surface area contributed by atoms with E-state index >= 15 is 0 Å². The number of benzene rings is 1. The standard InChI is InChI=1S/C25H29N9O3/c1-3-19-18(12-26-32(19)2)22(23-29-30-31-34(23)16-5-4-6-16)27-15-8-7-14-13-33(25(37)17(14)11-15)20-9-10-21(35)28-24(20)36/h7-8,11-12,16,20,22,27H,3-6,9-10,13H2,1-2H3,(H,28,35,36). The van der Waals surface area contributed by atoms with Crippen LogP contribution in [0.25, 0.3) is 0 Å². The molecule has 0 spiro atoms. The van der Waals surface area contributed by atoms with Gasteiger partial charge >= 0.3 is 0 Å². The van der Waals surface area contributed by atoms with Crippen molar-refractivity contribution < 1.29 is 14.4 Å². The monoisotopic (exact) mass is 503 g/mol. The van der Waals surface area contributed by atoms with Crippen molar-refractivity contribution in [3.63, 3.8) is 0 Å². The third kappa shape index (κ3) is 3.96. The number of hydrogen-bond acceptors (Lipinski definition) is 8. The van der Waals surface area contributed by atoms with E-state index in [0.717, 1.165) is 48.2 Å². The molecule has 0 bridgehead atoms. The number of aromatic nitrogens is 6. The summed E-state index contributed by atoms with van der Waals surface area (Å²) in [5.41, 5.74) is 4.20. The van der Waals surface area contributed by atoms with Gasteiger partial charge in [-0.2, -0.15) is 5.10 Å². The number of nitrogens with zero attached hydrogens (tertiary/aromatic N) is 7. The SMILES string of the molecule is CCc1c(C(Nc2ccc3c(c2)C(=O)N(C2CCC(=O)NC2=O)C3)c2nnnn2C2CCC2)cnn1C. The number of fused-ring (bicyclic) bond motifs is 1. The van der Waals surface area contributed by atoms with Gasteiger partial charge in [-0.15, -0.1) is 5.10 Å². The Bertz CT molecular complexity index is 1390. The van der Waals surface area contributed by atoms with Crippen molar-refractivity contribution >= 4 is 23.4 Å². The molecule has 1 saturated heterocycles. The van der Waals surface area contributed by atoms with Gasteiger partial charge < -0.3 is 10.2 Å². The molecule has 2 unspecified atom stereocenters. The van der Waals surface area contributed by atoms with Crippen LogP contribution in [0.15, 0.2) is 24.4 Å². The van der Waals surface area contributed by atoms with Gasteiger partial charge in [-0.25, -0.2) is 4.68 Å². The van der Waals surface area contributed by atoms with E-state index < -0.39 is 11.9 Å². The molecular weight excluding hydrogens is 474 g/mol. The molecule has 1 aliphatic carbocycles. The van der Waals surface area contributed by atoms with Crippen LogP contribution in [-0.4, -0.2) is 58.7 Å². The molecule has 6 rings (SSSR count). The quantitative estimate of drug-likeness (QED) is 0.464. The molecule has 3 aliphatic rings. The predicted molar refractivity (Wildman–Crippen MR) is 131 cm³/mol. The van der Waals surface area contributed by atoms with Gasteiger partial charge in [0.1, 0.15) is 12.1 Å². The summed E-state index contributed by atoms with van der Waals surface area (Å²) in [5, 5.41) is 23.1. The van der Waals surface area contributed by atoms with Crippen LogP contribution in [0.3, 0.4) is 0 Å². The maximum atomic E-state index is 13.3. The number of rotatable bonds is 7. The fourth-order valence-corrected chi connectivity index (χ4v) is 5.53. The van der Waals surface area contributed by atoms with Crippen LogP contribution in [0.2, 0.25) is 0 Å². The summed E-state index contributed by atoms with van der Waals surface area (Å²) in [6.45, 7) is 2.43. The molecule has 2 atom stereocenters. The fraction of sp³-hybridized carbons (Fsp3) is 0.480. The number of aryl methyl sites for hydroxylation is 1. The van der Waals surface area contributed by atoms with Crippen molar-refractivity contribution in [3.8, 4) is 0 Å². The summed E-state index contributed by atoms with van der Waals surface area (Å²) in [7, 11) is 1.92. The first-order valence-electron chi connectivity index (χ1n) is 12.8. The third-order valence-corrected chi connectivity index (χ3v) is 7.78. The summed E-state index contributed by atoms with van der Waals surface area (Å²) in [5.74, 6) is -0.208. The fourth-order valence-electron chi connectivity index (χ4n) is 5.53. The predicted octanol–water partition coefficient (Wildman–Crippen LogP) is 1.66. The molecule has 2 aliphatic heterocycles. The normalized spacial score (nSPS) is 20.5. The van der Waals surface area contributed by atoms with Gasteiger partial charge in [-0.05, 0) is 60.2 Å². The number of anilines is 1. The molecule has 12 nitrogen and oxygen atoms in total. The van der Waals surface area contributed by atoms with E-state index in [2.05, 4.69) is 38.2 Å². The Labute approximate surface area is 213 Å². The van der Waals surface area contributed by atoms with Gasteiger partial charge in [-0.1, -0.05) is 13.0 Å². The van der Waals surface area contributed by atoms with Crippen molar-refractivity contribution in [2.24, 2.45) is 7.05 Å². The number of tetrazole rings is 1. The number of imide groups is 1. The lowest BCUT2D eigenvalue weighted by Crippen LogP contribution is -2.52. The van der Waals surface area contributed by atoms with Gasteiger partial charge in [0, 0.05) is 42.5 Å². The zero-order valence-corrected chi connectivity index (χ0v) is 20.8. The highest BCUT2D eigenvalue weighted by Crippen LogP contribution is 2.36. The van der Waals surface area contributed by atoms with Gasteiger partial charge in [0.25, 0.3) is 5.91 Å². The minimum absolute atomic E-state index is 0.209. The number of hydrogen-bond donors (Lipinski definition) is 2. The summed E-state index contributed by atoms with van der Waals surface area (Å²) < 4.78 is 3.78. The smallest absolute Gasteiger partial charge is 0.255 e. The molecular formula is C25H29N9O3. The lowest BCUT2D eigenvalue weighted by atomic mass is 9.93. The average molecular weight is 504 g/mol. The topological polar surface area (TPSA) is 140 Å². The van der Waals surface area contributed by atoms with Gasteiger partial charge in [0.05, 0.1) is 12.2 Å². The molecule has 4 heterocycles. The minimum atomic E-state index is -0.642. The Balaban J connectivity index is 1.32. The molecule has 1 aromatic carbocycles. The highest BCUT2D eigenvalue weighted by Gasteiger charge is 2.39. The van der Waals surface area contributed by atoms with E-state index in [9.17, 15) is 14.4 Å². The average Bonchev–Trinajstić information content (AvgIpc) is 3.54. The highest BCUT2D eigenvalue weighted by atomic mass is 16.2. The molecule has 2 fully saturated rings. The maximum absolute atomic E-state index is 13.3. The number of amides is 3. The van der Waals surface area contributed by atoms with Crippen molar-refractivity contribution in [2.75, 3.05) is 5.32 Å². The van der Waals surface area contributed by atoms with Crippen molar-refractivity contribution in [2.45, 2.75) is 70.1 Å². The van der Waals surface area contributed by atoms with E-state index in [1.165, 1.54) is 0 Å². The first-order chi connectivity index (χ1) is 17.9. The maximum Gasteiger partial charge on any atom is 0.255 e.